The zero-order chi connectivity index (χ0) is 24.2. The number of likely N-dealkylation sites (N-methyl/N-ethyl adjacent to an activating group) is 1. The maximum absolute atomic E-state index is 13.7. The van der Waals surface area contributed by atoms with E-state index in [0.29, 0.717) is 41.7 Å². The number of aromatic nitrogens is 3. The first-order valence-electron chi connectivity index (χ1n) is 11.9. The van der Waals surface area contributed by atoms with Crippen molar-refractivity contribution in [2.45, 2.75) is 20.0 Å². The van der Waals surface area contributed by atoms with Gasteiger partial charge < -0.3 is 14.5 Å². The van der Waals surface area contributed by atoms with Crippen molar-refractivity contribution in [3.8, 4) is 5.75 Å². The molecular weight excluding hydrogens is 442 g/mol. The second-order valence-corrected chi connectivity index (χ2v) is 9.20. The smallest absolute Gasteiger partial charge is 0.257 e. The number of rotatable bonds is 6. The Bertz CT molecular complexity index is 1320. The molecule has 0 N–H and O–H groups in total. The van der Waals surface area contributed by atoms with E-state index in [1.54, 1.807) is 0 Å². The van der Waals surface area contributed by atoms with Crippen LogP contribution in [0.1, 0.15) is 27.3 Å². The molecule has 1 amide bonds. The number of hydrogen-bond acceptors (Lipinski definition) is 7. The number of benzene rings is 2. The van der Waals surface area contributed by atoms with Gasteiger partial charge in [0.25, 0.3) is 5.91 Å². The summed E-state index contributed by atoms with van der Waals surface area (Å²) in [5.41, 5.74) is 4.12. The van der Waals surface area contributed by atoms with Crippen molar-refractivity contribution >= 4 is 16.8 Å². The number of hydrogen-bond donors (Lipinski definition) is 0. The minimum absolute atomic E-state index is 0.0152. The van der Waals surface area contributed by atoms with Gasteiger partial charge in [-0.3, -0.25) is 9.78 Å². The van der Waals surface area contributed by atoms with E-state index in [4.69, 9.17) is 9.37 Å². The van der Waals surface area contributed by atoms with Gasteiger partial charge in [0, 0.05) is 37.8 Å². The van der Waals surface area contributed by atoms with Crippen molar-refractivity contribution in [3.63, 3.8) is 0 Å². The average Bonchev–Trinajstić information content (AvgIpc) is 3.19. The Morgan fingerprint density at radius 3 is 2.83 bits per heavy atom. The minimum Gasteiger partial charge on any atom is -0.486 e. The molecule has 180 valence electrons. The Morgan fingerprint density at radius 2 is 1.97 bits per heavy atom. The summed E-state index contributed by atoms with van der Waals surface area (Å²) in [6, 6.07) is 17.9. The van der Waals surface area contributed by atoms with Crippen molar-refractivity contribution in [1.29, 1.82) is 0 Å². The topological polar surface area (TPSA) is 84.6 Å². The van der Waals surface area contributed by atoms with Gasteiger partial charge in [0.05, 0.1) is 11.1 Å². The predicted octanol–water partition coefficient (Wildman–Crippen LogP) is 3.75. The number of aryl methyl sites for hydroxylation is 1. The van der Waals surface area contributed by atoms with Crippen LogP contribution in [-0.2, 0) is 13.0 Å². The van der Waals surface area contributed by atoms with Gasteiger partial charge in [-0.15, -0.1) is 0 Å². The number of ether oxygens (including phenoxy) is 1. The van der Waals surface area contributed by atoms with Crippen molar-refractivity contribution < 1.29 is 14.2 Å². The molecule has 0 radical (unpaired) electrons. The lowest BCUT2D eigenvalue weighted by Crippen LogP contribution is -2.36. The van der Waals surface area contributed by atoms with Crippen molar-refractivity contribution in [2.75, 3.05) is 33.2 Å². The van der Waals surface area contributed by atoms with Gasteiger partial charge in [0.2, 0.25) is 0 Å². The van der Waals surface area contributed by atoms with E-state index in [1.807, 2.05) is 48.4 Å². The molecule has 5 rings (SSSR count). The number of fused-ring (bicyclic) bond motifs is 1. The van der Waals surface area contributed by atoms with Crippen LogP contribution in [0.15, 0.2) is 65.4 Å². The molecule has 0 aliphatic carbocycles. The summed E-state index contributed by atoms with van der Waals surface area (Å²) >= 11 is 0. The monoisotopic (exact) mass is 471 g/mol. The molecular formula is C27H29N5O3. The van der Waals surface area contributed by atoms with E-state index < -0.39 is 0 Å². The number of nitrogens with zero attached hydrogens (tertiary/aromatic N) is 5. The molecule has 2 aromatic heterocycles. The molecule has 0 bridgehead atoms. The largest absolute Gasteiger partial charge is 0.486 e. The van der Waals surface area contributed by atoms with E-state index in [-0.39, 0.29) is 12.5 Å². The Labute approximate surface area is 204 Å². The van der Waals surface area contributed by atoms with Gasteiger partial charge in [-0.25, -0.2) is 4.63 Å². The van der Waals surface area contributed by atoms with Crippen LogP contribution in [-0.4, -0.2) is 64.2 Å². The highest BCUT2D eigenvalue weighted by atomic mass is 16.6. The lowest BCUT2D eigenvalue weighted by molar-refractivity contribution is 0.0741. The van der Waals surface area contributed by atoms with E-state index >= 15 is 0 Å². The molecule has 1 unspecified atom stereocenters. The summed E-state index contributed by atoms with van der Waals surface area (Å²) in [5, 5.41) is 8.80. The normalized spacial score (nSPS) is 16.9. The van der Waals surface area contributed by atoms with Gasteiger partial charge in [0.1, 0.15) is 23.7 Å². The summed E-state index contributed by atoms with van der Waals surface area (Å²) in [4.78, 5) is 22.3. The maximum atomic E-state index is 13.7. The van der Waals surface area contributed by atoms with E-state index in [2.05, 4.69) is 51.5 Å². The quantitative estimate of drug-likeness (QED) is 0.423. The van der Waals surface area contributed by atoms with Crippen molar-refractivity contribution in [2.24, 2.45) is 5.92 Å². The van der Waals surface area contributed by atoms with Crippen molar-refractivity contribution in [3.05, 3.63) is 83.3 Å². The minimum atomic E-state index is -0.0152. The van der Waals surface area contributed by atoms with Crippen LogP contribution in [0.4, 0.5) is 0 Å². The molecule has 8 heteroatoms. The van der Waals surface area contributed by atoms with Crippen LogP contribution in [0.2, 0.25) is 0 Å². The highest BCUT2D eigenvalue weighted by molar-refractivity contribution is 5.97. The number of pyridine rings is 1. The van der Waals surface area contributed by atoms with E-state index in [9.17, 15) is 4.79 Å². The van der Waals surface area contributed by atoms with Gasteiger partial charge in [-0.1, -0.05) is 34.6 Å². The van der Waals surface area contributed by atoms with Gasteiger partial charge in [-0.05, 0) is 62.2 Å². The first-order valence-corrected chi connectivity index (χ1v) is 11.9. The van der Waals surface area contributed by atoms with Gasteiger partial charge in [-0.2, -0.15) is 0 Å². The lowest BCUT2D eigenvalue weighted by atomic mass is 9.97. The molecule has 0 spiro atoms. The fourth-order valence-corrected chi connectivity index (χ4v) is 4.65. The van der Waals surface area contributed by atoms with Crippen LogP contribution in [0.25, 0.3) is 10.9 Å². The Morgan fingerprint density at radius 1 is 1.09 bits per heavy atom. The zero-order valence-electron chi connectivity index (χ0n) is 20.1. The molecule has 1 saturated heterocycles. The molecule has 1 aliphatic rings. The SMILES string of the molecule is Cc1nonc1COc1ccccc1C(=O)N1CCN(C)CC(Cc2ccc3ncccc3c2)C1. The standard InChI is InChI=1S/C27H29N5O3/c1-19-25(30-35-29-19)18-34-26-8-4-3-7-23(26)27(33)32-13-12-31(2)16-21(17-32)14-20-9-10-24-22(15-20)6-5-11-28-24/h3-11,15,21H,12-14,16-18H2,1-2H3. The zero-order valence-corrected chi connectivity index (χ0v) is 20.1. The van der Waals surface area contributed by atoms with E-state index in [0.717, 1.165) is 30.4 Å². The highest BCUT2D eigenvalue weighted by Crippen LogP contribution is 2.24. The molecule has 1 fully saturated rings. The second kappa shape index (κ2) is 10.2. The predicted molar refractivity (Wildman–Crippen MR) is 132 cm³/mol. The summed E-state index contributed by atoms with van der Waals surface area (Å²) in [7, 11) is 2.12. The summed E-state index contributed by atoms with van der Waals surface area (Å²) in [5.74, 6) is 0.840. The number of amides is 1. The third-order valence-corrected chi connectivity index (χ3v) is 6.51. The molecule has 3 heterocycles. The first-order chi connectivity index (χ1) is 17.1. The molecule has 8 nitrogen and oxygen atoms in total. The second-order valence-electron chi connectivity index (χ2n) is 9.20. The molecule has 2 aromatic carbocycles. The molecule has 1 aliphatic heterocycles. The van der Waals surface area contributed by atoms with Crippen LogP contribution in [0.5, 0.6) is 5.75 Å². The Kier molecular flexibility index (Phi) is 6.72. The fraction of sp³-hybridized carbons (Fsp3) is 0.333. The molecule has 0 saturated carbocycles. The van der Waals surface area contributed by atoms with Gasteiger partial charge in [0.15, 0.2) is 0 Å². The van der Waals surface area contributed by atoms with Crippen LogP contribution >= 0.6 is 0 Å². The third-order valence-electron chi connectivity index (χ3n) is 6.51. The first kappa shape index (κ1) is 23.0. The number of carbonyl (C=O) groups is 1. The van der Waals surface area contributed by atoms with Gasteiger partial charge >= 0.3 is 0 Å². The summed E-state index contributed by atoms with van der Waals surface area (Å²) < 4.78 is 10.7. The Balaban J connectivity index is 1.32. The lowest BCUT2D eigenvalue weighted by Gasteiger charge is -2.25. The summed E-state index contributed by atoms with van der Waals surface area (Å²) in [6.07, 6.45) is 2.71. The summed E-state index contributed by atoms with van der Waals surface area (Å²) in [6.45, 7) is 5.14. The number of para-hydroxylation sites is 1. The maximum Gasteiger partial charge on any atom is 0.257 e. The van der Waals surface area contributed by atoms with Crippen LogP contribution < -0.4 is 4.74 Å². The third kappa shape index (κ3) is 5.33. The number of carbonyl (C=O) groups excluding carboxylic acids is 1. The fourth-order valence-electron chi connectivity index (χ4n) is 4.65. The Hall–Kier alpha value is -3.78. The van der Waals surface area contributed by atoms with E-state index in [1.165, 1.54) is 5.56 Å². The average molecular weight is 472 g/mol. The molecule has 1 atom stereocenters. The molecule has 4 aromatic rings. The van der Waals surface area contributed by atoms with Crippen molar-refractivity contribution in [1.82, 2.24) is 25.1 Å². The molecule has 35 heavy (non-hydrogen) atoms. The highest BCUT2D eigenvalue weighted by Gasteiger charge is 2.27. The van der Waals surface area contributed by atoms with Crippen LogP contribution in [0.3, 0.4) is 0 Å². The van der Waals surface area contributed by atoms with Crippen LogP contribution in [0, 0.1) is 12.8 Å².